The van der Waals surface area contributed by atoms with E-state index in [1.54, 1.807) is 0 Å². The third kappa shape index (κ3) is 3.50. The van der Waals surface area contributed by atoms with Crippen LogP contribution in [0.3, 0.4) is 0 Å². The minimum Gasteiger partial charge on any atom is -0.477 e. The van der Waals surface area contributed by atoms with Gasteiger partial charge >= 0.3 is 12.1 Å². The zero-order valence-electron chi connectivity index (χ0n) is 17.3. The lowest BCUT2D eigenvalue weighted by Gasteiger charge is -2.14. The van der Waals surface area contributed by atoms with E-state index < -0.39 is 12.1 Å². The summed E-state index contributed by atoms with van der Waals surface area (Å²) in [5.74, 6) is -1.02. The summed E-state index contributed by atoms with van der Waals surface area (Å²) in [6, 6.07) is 23.8. The van der Waals surface area contributed by atoms with Crippen molar-refractivity contribution >= 4 is 23.0 Å². The number of benzene rings is 3. The lowest BCUT2D eigenvalue weighted by Crippen LogP contribution is -2.28. The van der Waals surface area contributed by atoms with Gasteiger partial charge in [0, 0.05) is 23.4 Å². The molecule has 0 unspecified atom stereocenters. The van der Waals surface area contributed by atoms with E-state index in [1.807, 2.05) is 48.5 Å². The summed E-state index contributed by atoms with van der Waals surface area (Å²) in [4.78, 5) is 26.9. The molecule has 0 spiro atoms. The Morgan fingerprint density at radius 1 is 0.906 bits per heavy atom. The van der Waals surface area contributed by atoms with Gasteiger partial charge in [0.05, 0.1) is 0 Å². The van der Waals surface area contributed by atoms with Crippen molar-refractivity contribution in [2.24, 2.45) is 0 Å². The molecule has 3 aromatic carbocycles. The van der Waals surface area contributed by atoms with Gasteiger partial charge in [-0.15, -0.1) is 0 Å². The van der Waals surface area contributed by atoms with Gasteiger partial charge in [0.15, 0.2) is 0 Å². The molecule has 0 aliphatic heterocycles. The second-order valence-corrected chi connectivity index (χ2v) is 7.83. The van der Waals surface area contributed by atoms with Crippen molar-refractivity contribution in [2.45, 2.75) is 12.3 Å². The Hall–Kier alpha value is -4.06. The second kappa shape index (κ2) is 8.23. The van der Waals surface area contributed by atoms with Crippen LogP contribution < -0.4 is 5.32 Å². The normalized spacial score (nSPS) is 12.4. The van der Waals surface area contributed by atoms with E-state index in [4.69, 9.17) is 4.74 Å². The Kier molecular flexibility index (Phi) is 5.11. The number of aromatic amines is 1. The summed E-state index contributed by atoms with van der Waals surface area (Å²) in [7, 11) is 0. The first-order valence-corrected chi connectivity index (χ1v) is 10.5. The molecule has 0 atom stereocenters. The summed E-state index contributed by atoms with van der Waals surface area (Å²) >= 11 is 0. The molecule has 6 heteroatoms. The van der Waals surface area contributed by atoms with Crippen LogP contribution >= 0.6 is 0 Å². The number of aromatic nitrogens is 1. The highest BCUT2D eigenvalue weighted by atomic mass is 16.5. The molecular weight excluding hydrogens is 404 g/mol. The lowest BCUT2D eigenvalue weighted by atomic mass is 9.98. The number of fused-ring (bicyclic) bond motifs is 4. The highest BCUT2D eigenvalue weighted by molar-refractivity contribution is 5.97. The van der Waals surface area contributed by atoms with E-state index in [9.17, 15) is 14.7 Å². The van der Waals surface area contributed by atoms with Crippen molar-refractivity contribution in [3.8, 4) is 11.1 Å². The van der Waals surface area contributed by atoms with Crippen LogP contribution in [0.1, 0.15) is 33.1 Å². The molecule has 0 saturated heterocycles. The van der Waals surface area contributed by atoms with Gasteiger partial charge in [0.25, 0.3) is 0 Å². The number of carbonyl (C=O) groups is 2. The zero-order valence-corrected chi connectivity index (χ0v) is 17.3. The molecule has 0 radical (unpaired) electrons. The lowest BCUT2D eigenvalue weighted by molar-refractivity contribution is 0.0690. The first-order chi connectivity index (χ1) is 15.6. The molecule has 160 valence electrons. The number of carboxylic acids is 1. The third-order valence-corrected chi connectivity index (χ3v) is 6.02. The summed E-state index contributed by atoms with van der Waals surface area (Å²) in [6.07, 6.45) is -0.126. The highest BCUT2D eigenvalue weighted by Crippen LogP contribution is 2.44. The zero-order chi connectivity index (χ0) is 22.1. The predicted molar refractivity (Wildman–Crippen MR) is 122 cm³/mol. The third-order valence-electron chi connectivity index (χ3n) is 6.02. The van der Waals surface area contributed by atoms with Crippen molar-refractivity contribution < 1.29 is 19.4 Å². The topological polar surface area (TPSA) is 91.4 Å². The van der Waals surface area contributed by atoms with Crippen molar-refractivity contribution in [2.75, 3.05) is 13.2 Å². The van der Waals surface area contributed by atoms with Gasteiger partial charge in [-0.25, -0.2) is 9.59 Å². The molecule has 1 amide bonds. The first kappa shape index (κ1) is 19.9. The summed E-state index contributed by atoms with van der Waals surface area (Å²) in [6.45, 7) is 0.520. The SMILES string of the molecule is O=C(NCCc1c(C(=O)O)[nH]c2ccccc12)OCC1c2ccccc2-c2ccccc21. The first-order valence-electron chi connectivity index (χ1n) is 10.5. The monoisotopic (exact) mass is 426 g/mol. The molecule has 5 rings (SSSR count). The van der Waals surface area contributed by atoms with Gasteiger partial charge in [-0.3, -0.25) is 0 Å². The Bertz CT molecular complexity index is 1280. The molecule has 0 fully saturated rings. The maximum absolute atomic E-state index is 12.4. The standard InChI is InChI=1S/C26H22N2O4/c29-25(30)24-21(20-11-5-6-12-23(20)28-24)13-14-27-26(31)32-15-22-18-9-3-1-7-16(18)17-8-2-4-10-19(17)22/h1-12,22,28H,13-15H2,(H,27,31)(H,29,30). The Morgan fingerprint density at radius 3 is 2.22 bits per heavy atom. The van der Waals surface area contributed by atoms with Crippen molar-refractivity contribution in [3.63, 3.8) is 0 Å². The van der Waals surface area contributed by atoms with Gasteiger partial charge in [0.1, 0.15) is 12.3 Å². The van der Waals surface area contributed by atoms with E-state index in [-0.39, 0.29) is 24.8 Å². The highest BCUT2D eigenvalue weighted by Gasteiger charge is 2.29. The van der Waals surface area contributed by atoms with Crippen LogP contribution in [-0.4, -0.2) is 35.3 Å². The minimum atomic E-state index is -1.02. The van der Waals surface area contributed by atoms with Crippen molar-refractivity contribution in [1.82, 2.24) is 10.3 Å². The summed E-state index contributed by atoms with van der Waals surface area (Å²) < 4.78 is 5.55. The van der Waals surface area contributed by atoms with E-state index in [0.717, 1.165) is 22.0 Å². The summed E-state index contributed by atoms with van der Waals surface area (Å²) in [5.41, 5.74) is 6.27. The fraction of sp³-hybridized carbons (Fsp3) is 0.154. The van der Waals surface area contributed by atoms with E-state index in [2.05, 4.69) is 34.6 Å². The van der Waals surface area contributed by atoms with Gasteiger partial charge in [-0.05, 0) is 40.3 Å². The Morgan fingerprint density at radius 2 is 1.53 bits per heavy atom. The van der Waals surface area contributed by atoms with E-state index >= 15 is 0 Å². The fourth-order valence-corrected chi connectivity index (χ4v) is 4.58. The molecule has 1 aliphatic rings. The number of hydrogen-bond acceptors (Lipinski definition) is 3. The number of ether oxygens (including phenoxy) is 1. The largest absolute Gasteiger partial charge is 0.477 e. The molecular formula is C26H22N2O4. The molecule has 1 heterocycles. The number of rotatable bonds is 6. The molecule has 0 bridgehead atoms. The number of H-pyrrole nitrogens is 1. The minimum absolute atomic E-state index is 0.000352. The number of para-hydroxylation sites is 1. The van der Waals surface area contributed by atoms with Crippen molar-refractivity contribution in [3.05, 3.63) is 95.2 Å². The number of hydrogen-bond donors (Lipinski definition) is 3. The van der Waals surface area contributed by atoms with Gasteiger partial charge in [-0.1, -0.05) is 66.7 Å². The molecule has 6 nitrogen and oxygen atoms in total. The molecule has 32 heavy (non-hydrogen) atoms. The number of nitrogens with one attached hydrogen (secondary N) is 2. The molecule has 0 saturated carbocycles. The molecule has 3 N–H and O–H groups in total. The van der Waals surface area contributed by atoms with Gasteiger partial charge in [0.2, 0.25) is 0 Å². The molecule has 1 aliphatic carbocycles. The summed E-state index contributed by atoms with van der Waals surface area (Å²) in [5, 5.41) is 13.1. The van der Waals surface area contributed by atoms with Crippen LogP contribution in [0.15, 0.2) is 72.8 Å². The number of alkyl carbamates (subject to hydrolysis) is 1. The molecule has 1 aromatic heterocycles. The van der Waals surface area contributed by atoms with Crippen LogP contribution in [0.25, 0.3) is 22.0 Å². The maximum atomic E-state index is 12.4. The number of amides is 1. The van der Waals surface area contributed by atoms with Crippen molar-refractivity contribution in [1.29, 1.82) is 0 Å². The average Bonchev–Trinajstić information content (AvgIpc) is 3.34. The van der Waals surface area contributed by atoms with Crippen LogP contribution in [0.2, 0.25) is 0 Å². The number of carbonyl (C=O) groups excluding carboxylic acids is 1. The number of carboxylic acid groups (broad SMARTS) is 1. The van der Waals surface area contributed by atoms with Crippen LogP contribution in [0.5, 0.6) is 0 Å². The smallest absolute Gasteiger partial charge is 0.407 e. The fourth-order valence-electron chi connectivity index (χ4n) is 4.58. The second-order valence-electron chi connectivity index (χ2n) is 7.83. The average molecular weight is 426 g/mol. The Balaban J connectivity index is 1.23. The molecule has 4 aromatic rings. The quantitative estimate of drug-likeness (QED) is 0.407. The van der Waals surface area contributed by atoms with Crippen LogP contribution in [-0.2, 0) is 11.2 Å². The number of aromatic carboxylic acids is 1. The maximum Gasteiger partial charge on any atom is 0.407 e. The predicted octanol–water partition coefficient (Wildman–Crippen LogP) is 4.95. The van der Waals surface area contributed by atoms with E-state index in [1.165, 1.54) is 11.1 Å². The van der Waals surface area contributed by atoms with E-state index in [0.29, 0.717) is 12.0 Å². The Labute approximate surface area is 184 Å². The van der Waals surface area contributed by atoms with Gasteiger partial charge in [-0.2, -0.15) is 0 Å². The van der Waals surface area contributed by atoms with Gasteiger partial charge < -0.3 is 20.1 Å². The van der Waals surface area contributed by atoms with Crippen LogP contribution in [0.4, 0.5) is 4.79 Å². The van der Waals surface area contributed by atoms with Crippen LogP contribution in [0, 0.1) is 0 Å².